The molecular formula is C13H15F6NO. The molecule has 0 saturated carbocycles. The third kappa shape index (κ3) is 4.26. The molecule has 0 amide bonds. The van der Waals surface area contributed by atoms with Gasteiger partial charge in [-0.1, -0.05) is 6.92 Å². The maximum Gasteiger partial charge on any atom is 0.416 e. The number of methoxy groups -OCH3 is 1. The van der Waals surface area contributed by atoms with E-state index in [1.54, 1.807) is 6.92 Å². The summed E-state index contributed by atoms with van der Waals surface area (Å²) in [5, 5.41) is 0. The Morgan fingerprint density at radius 2 is 1.67 bits per heavy atom. The van der Waals surface area contributed by atoms with Crippen LogP contribution in [0.3, 0.4) is 0 Å². The summed E-state index contributed by atoms with van der Waals surface area (Å²) in [5.74, 6) is -0.457. The summed E-state index contributed by atoms with van der Waals surface area (Å²) < 4.78 is 81.8. The highest BCUT2D eigenvalue weighted by molar-refractivity contribution is 5.46. The summed E-state index contributed by atoms with van der Waals surface area (Å²) in [6, 6.07) is 0.0597. The summed E-state index contributed by atoms with van der Waals surface area (Å²) in [7, 11) is 1.02. The van der Waals surface area contributed by atoms with E-state index in [1.807, 2.05) is 0 Å². The molecule has 1 unspecified atom stereocenters. The minimum atomic E-state index is -4.92. The van der Waals surface area contributed by atoms with Crippen LogP contribution in [0.2, 0.25) is 0 Å². The third-order valence-corrected chi connectivity index (χ3v) is 3.05. The second kappa shape index (κ2) is 6.13. The molecule has 1 aromatic rings. The van der Waals surface area contributed by atoms with Crippen molar-refractivity contribution in [3.8, 4) is 5.75 Å². The largest absolute Gasteiger partial charge is 0.496 e. The highest BCUT2D eigenvalue weighted by Crippen LogP contribution is 2.41. The van der Waals surface area contributed by atoms with Gasteiger partial charge in [-0.3, -0.25) is 0 Å². The Kier molecular flexibility index (Phi) is 5.14. The monoisotopic (exact) mass is 315 g/mol. The van der Waals surface area contributed by atoms with Gasteiger partial charge in [-0.05, 0) is 25.0 Å². The van der Waals surface area contributed by atoms with Crippen LogP contribution in [0.4, 0.5) is 26.3 Å². The highest BCUT2D eigenvalue weighted by Gasteiger charge is 2.40. The van der Waals surface area contributed by atoms with E-state index in [4.69, 9.17) is 10.5 Å². The smallest absolute Gasteiger partial charge is 0.416 e. The van der Waals surface area contributed by atoms with Gasteiger partial charge in [0.15, 0.2) is 0 Å². The Morgan fingerprint density at radius 3 is 2.05 bits per heavy atom. The lowest BCUT2D eigenvalue weighted by Gasteiger charge is -2.21. The van der Waals surface area contributed by atoms with Crippen LogP contribution in [0.25, 0.3) is 0 Å². The van der Waals surface area contributed by atoms with Crippen LogP contribution in [0, 0.1) is 0 Å². The summed E-state index contributed by atoms with van der Waals surface area (Å²) in [4.78, 5) is 0. The minimum Gasteiger partial charge on any atom is -0.496 e. The average Bonchev–Trinajstić information content (AvgIpc) is 2.35. The lowest BCUT2D eigenvalue weighted by atomic mass is 9.95. The number of halogens is 6. The molecule has 120 valence electrons. The fraction of sp³-hybridized carbons (Fsp3) is 0.538. The maximum absolute atomic E-state index is 13.0. The zero-order valence-electron chi connectivity index (χ0n) is 11.4. The van der Waals surface area contributed by atoms with E-state index in [-0.39, 0.29) is 18.1 Å². The molecule has 1 rings (SSSR count). The lowest BCUT2D eigenvalue weighted by Crippen LogP contribution is -2.24. The Bertz CT molecular complexity index is 495. The number of hydrogen-bond acceptors (Lipinski definition) is 2. The number of ether oxygens (including phenoxy) is 1. The maximum atomic E-state index is 13.0. The predicted octanol–water partition coefficient (Wildman–Crippen LogP) is 4.01. The van der Waals surface area contributed by atoms with E-state index in [2.05, 4.69) is 0 Å². The Morgan fingerprint density at radius 1 is 1.10 bits per heavy atom. The Hall–Kier alpha value is -1.44. The number of rotatable bonds is 4. The topological polar surface area (TPSA) is 35.2 Å². The molecule has 0 bridgehead atoms. The number of hydrogen-bond donors (Lipinski definition) is 1. The number of benzene rings is 1. The number of alkyl halides is 6. The first-order chi connectivity index (χ1) is 9.50. The van der Waals surface area contributed by atoms with E-state index < -0.39 is 35.3 Å². The normalized spacial score (nSPS) is 14.1. The molecule has 0 aliphatic rings. The molecule has 21 heavy (non-hydrogen) atoms. The first-order valence-corrected chi connectivity index (χ1v) is 6.11. The standard InChI is InChI=1S/C13H15F6NO/c1-3-8(20)6-9-10(13(17,18)19)4-7(12(14,15)16)5-11(9)21-2/h4-5,8H,3,6,20H2,1-2H3. The van der Waals surface area contributed by atoms with Crippen LogP contribution in [0.5, 0.6) is 5.75 Å². The van der Waals surface area contributed by atoms with Crippen molar-refractivity contribution in [3.05, 3.63) is 28.8 Å². The van der Waals surface area contributed by atoms with Crippen LogP contribution < -0.4 is 10.5 Å². The van der Waals surface area contributed by atoms with Crippen molar-refractivity contribution in [1.29, 1.82) is 0 Å². The molecule has 0 aliphatic carbocycles. The van der Waals surface area contributed by atoms with Crippen LogP contribution in [0.1, 0.15) is 30.0 Å². The fourth-order valence-electron chi connectivity index (χ4n) is 1.86. The van der Waals surface area contributed by atoms with Gasteiger partial charge in [0.25, 0.3) is 0 Å². The third-order valence-electron chi connectivity index (χ3n) is 3.05. The molecule has 1 atom stereocenters. The van der Waals surface area contributed by atoms with Crippen LogP contribution >= 0.6 is 0 Å². The van der Waals surface area contributed by atoms with E-state index >= 15 is 0 Å². The molecule has 0 fully saturated rings. The van der Waals surface area contributed by atoms with Gasteiger partial charge in [0.2, 0.25) is 0 Å². The van der Waals surface area contributed by atoms with Crippen molar-refractivity contribution in [2.45, 2.75) is 38.2 Å². The molecule has 8 heteroatoms. The second-order valence-corrected chi connectivity index (χ2v) is 4.57. The zero-order chi connectivity index (χ0) is 16.4. The Balaban J connectivity index is 3.53. The summed E-state index contributed by atoms with van der Waals surface area (Å²) in [5.41, 5.74) is 2.50. The molecule has 0 saturated heterocycles. The van der Waals surface area contributed by atoms with Crippen molar-refractivity contribution in [2.75, 3.05) is 7.11 Å². The first-order valence-electron chi connectivity index (χ1n) is 6.11. The van der Waals surface area contributed by atoms with E-state index in [1.165, 1.54) is 0 Å². The molecule has 2 N–H and O–H groups in total. The molecule has 2 nitrogen and oxygen atoms in total. The molecule has 0 spiro atoms. The van der Waals surface area contributed by atoms with Gasteiger partial charge in [-0.2, -0.15) is 26.3 Å². The quantitative estimate of drug-likeness (QED) is 0.852. The van der Waals surface area contributed by atoms with E-state index in [0.29, 0.717) is 12.5 Å². The molecule has 0 aromatic heterocycles. The number of nitrogens with two attached hydrogens (primary N) is 1. The lowest BCUT2D eigenvalue weighted by molar-refractivity contribution is -0.143. The summed E-state index contributed by atoms with van der Waals surface area (Å²) in [6.45, 7) is 1.68. The van der Waals surface area contributed by atoms with Crippen LogP contribution in [0.15, 0.2) is 12.1 Å². The van der Waals surface area contributed by atoms with Crippen LogP contribution in [-0.2, 0) is 18.8 Å². The van der Waals surface area contributed by atoms with Gasteiger partial charge >= 0.3 is 12.4 Å². The van der Waals surface area contributed by atoms with Crippen molar-refractivity contribution in [2.24, 2.45) is 5.73 Å². The Labute approximate surface area is 117 Å². The van der Waals surface area contributed by atoms with Gasteiger partial charge < -0.3 is 10.5 Å². The van der Waals surface area contributed by atoms with Gasteiger partial charge in [-0.25, -0.2) is 0 Å². The minimum absolute atomic E-state index is 0.0975. The molecule has 0 aliphatic heterocycles. The first kappa shape index (κ1) is 17.6. The predicted molar refractivity (Wildman–Crippen MR) is 65.0 cm³/mol. The van der Waals surface area contributed by atoms with Gasteiger partial charge in [0.1, 0.15) is 5.75 Å². The molecule has 0 heterocycles. The van der Waals surface area contributed by atoms with Crippen LogP contribution in [-0.4, -0.2) is 13.2 Å². The van der Waals surface area contributed by atoms with Crippen molar-refractivity contribution in [3.63, 3.8) is 0 Å². The van der Waals surface area contributed by atoms with Crippen molar-refractivity contribution in [1.82, 2.24) is 0 Å². The second-order valence-electron chi connectivity index (χ2n) is 4.57. The van der Waals surface area contributed by atoms with E-state index in [9.17, 15) is 26.3 Å². The van der Waals surface area contributed by atoms with Gasteiger partial charge in [0.05, 0.1) is 18.2 Å². The molecule has 1 aromatic carbocycles. The van der Waals surface area contributed by atoms with E-state index in [0.717, 1.165) is 7.11 Å². The zero-order valence-corrected chi connectivity index (χ0v) is 11.4. The van der Waals surface area contributed by atoms with Gasteiger partial charge in [-0.15, -0.1) is 0 Å². The molecule has 0 radical (unpaired) electrons. The summed E-state index contributed by atoms with van der Waals surface area (Å²) in [6.07, 6.45) is -9.63. The summed E-state index contributed by atoms with van der Waals surface area (Å²) >= 11 is 0. The van der Waals surface area contributed by atoms with Crippen molar-refractivity contribution >= 4 is 0 Å². The van der Waals surface area contributed by atoms with Crippen molar-refractivity contribution < 1.29 is 31.1 Å². The molecular weight excluding hydrogens is 300 g/mol. The average molecular weight is 315 g/mol. The van der Waals surface area contributed by atoms with Gasteiger partial charge in [0, 0.05) is 11.6 Å². The highest BCUT2D eigenvalue weighted by atomic mass is 19.4. The SMILES string of the molecule is CCC(N)Cc1c(OC)cc(C(F)(F)F)cc1C(F)(F)F. The fourth-order valence-corrected chi connectivity index (χ4v) is 1.86.